The Morgan fingerprint density at radius 3 is 2.58 bits per heavy atom. The van der Waals surface area contributed by atoms with E-state index < -0.39 is 0 Å². The molecule has 6 nitrogen and oxygen atoms in total. The highest BCUT2D eigenvalue weighted by molar-refractivity contribution is 5.96. The summed E-state index contributed by atoms with van der Waals surface area (Å²) in [6.45, 7) is 8.26. The van der Waals surface area contributed by atoms with Gasteiger partial charge in [-0.2, -0.15) is 5.26 Å². The first-order chi connectivity index (χ1) is 12.3. The molecule has 1 aromatic carbocycles. The molecule has 1 heterocycles. The zero-order valence-electron chi connectivity index (χ0n) is 15.5. The predicted molar refractivity (Wildman–Crippen MR) is 99.6 cm³/mol. The maximum atomic E-state index is 11.9. The molecule has 0 spiro atoms. The normalized spacial score (nSPS) is 10.9. The zero-order chi connectivity index (χ0) is 19.2. The number of hydrogen-bond acceptors (Lipinski definition) is 5. The number of nitrogens with one attached hydrogen (secondary N) is 1. The van der Waals surface area contributed by atoms with Crippen LogP contribution in [0.15, 0.2) is 30.6 Å². The summed E-state index contributed by atoms with van der Waals surface area (Å²) in [7, 11) is 0. The molecule has 0 atom stereocenters. The second-order valence-electron chi connectivity index (χ2n) is 7.24. The van der Waals surface area contributed by atoms with Gasteiger partial charge in [-0.15, -0.1) is 0 Å². The third-order valence-corrected chi connectivity index (χ3v) is 3.63. The lowest BCUT2D eigenvalue weighted by Crippen LogP contribution is -2.14. The highest BCUT2D eigenvalue weighted by atomic mass is 16.5. The van der Waals surface area contributed by atoms with Gasteiger partial charge in [-0.25, -0.2) is 9.97 Å². The first-order valence-corrected chi connectivity index (χ1v) is 8.42. The summed E-state index contributed by atoms with van der Waals surface area (Å²) in [6.07, 6.45) is 6.28. The van der Waals surface area contributed by atoms with Crippen LogP contribution in [0.4, 0.5) is 5.69 Å². The molecule has 2 aromatic rings. The Bertz CT molecular complexity index is 802. The maximum absolute atomic E-state index is 11.9. The minimum absolute atomic E-state index is 0.172. The highest BCUT2D eigenvalue weighted by Crippen LogP contribution is 2.24. The largest absolute Gasteiger partial charge is 0.424 e. The fraction of sp³-hybridized carbons (Fsp3) is 0.350. The van der Waals surface area contributed by atoms with Crippen molar-refractivity contribution in [1.29, 1.82) is 5.26 Å². The average Bonchev–Trinajstić information content (AvgIpc) is 2.57. The topological polar surface area (TPSA) is 87.9 Å². The van der Waals surface area contributed by atoms with E-state index in [2.05, 4.69) is 42.1 Å². The molecule has 1 amide bonds. The molecule has 0 bridgehead atoms. The number of hydrogen-bond donors (Lipinski definition) is 1. The number of aryl methyl sites for hydroxylation is 1. The average molecular weight is 351 g/mol. The van der Waals surface area contributed by atoms with Crippen LogP contribution in [0.25, 0.3) is 0 Å². The second-order valence-corrected chi connectivity index (χ2v) is 7.24. The number of carbonyl (C=O) groups is 1. The Balaban J connectivity index is 1.90. The van der Waals surface area contributed by atoms with Gasteiger partial charge < -0.3 is 10.1 Å². The van der Waals surface area contributed by atoms with E-state index in [1.807, 2.05) is 6.92 Å². The van der Waals surface area contributed by atoms with E-state index in [0.29, 0.717) is 17.0 Å². The van der Waals surface area contributed by atoms with Crippen LogP contribution in [-0.4, -0.2) is 15.9 Å². The number of anilines is 1. The summed E-state index contributed by atoms with van der Waals surface area (Å²) < 4.78 is 5.62. The van der Waals surface area contributed by atoms with Gasteiger partial charge in [0.25, 0.3) is 0 Å². The van der Waals surface area contributed by atoms with E-state index in [9.17, 15) is 4.79 Å². The van der Waals surface area contributed by atoms with Gasteiger partial charge in [-0.1, -0.05) is 20.8 Å². The van der Waals surface area contributed by atoms with Crippen molar-refractivity contribution in [3.8, 4) is 17.8 Å². The molecule has 135 valence electrons. The molecule has 0 aliphatic heterocycles. The lowest BCUT2D eigenvalue weighted by atomic mass is 9.90. The molecular weight excluding hydrogens is 328 g/mol. The zero-order valence-corrected chi connectivity index (χ0v) is 15.5. The number of benzene rings is 1. The monoisotopic (exact) mass is 351 g/mol. The van der Waals surface area contributed by atoms with Crippen LogP contribution >= 0.6 is 0 Å². The molecule has 0 fully saturated rings. The van der Waals surface area contributed by atoms with Gasteiger partial charge in [0.15, 0.2) is 0 Å². The van der Waals surface area contributed by atoms with Crippen LogP contribution in [0.5, 0.6) is 11.8 Å². The molecule has 2 rings (SSSR count). The Hall–Kier alpha value is -2.94. The van der Waals surface area contributed by atoms with E-state index in [4.69, 9.17) is 10.00 Å². The number of nitriles is 1. The molecular formula is C20H23N4O2. The number of carbonyl (C=O) groups excluding carboxylic acids is 1. The number of amides is 1. The standard InChI is InChI=1S/C20H23N4O2/c1-14-10-15(11-21)7-8-17(14)26-19-22-12-16(13-23-19)24-18(25)6-5-9-20(2,3)4/h6-8,10,12-13H,5,9H2,1-4H3,(H,24,25). The van der Waals surface area contributed by atoms with Crippen molar-refractivity contribution < 1.29 is 9.53 Å². The first-order valence-electron chi connectivity index (χ1n) is 8.42. The van der Waals surface area contributed by atoms with E-state index in [-0.39, 0.29) is 17.3 Å². The van der Waals surface area contributed by atoms with Crippen LogP contribution in [0.3, 0.4) is 0 Å². The fourth-order valence-corrected chi connectivity index (χ4v) is 2.19. The van der Waals surface area contributed by atoms with Crippen LogP contribution in [0.2, 0.25) is 0 Å². The molecule has 0 aliphatic carbocycles. The van der Waals surface area contributed by atoms with Gasteiger partial charge in [0.1, 0.15) is 5.75 Å². The van der Waals surface area contributed by atoms with Crippen molar-refractivity contribution in [3.05, 3.63) is 48.1 Å². The lowest BCUT2D eigenvalue weighted by molar-refractivity contribution is -0.113. The molecule has 6 heteroatoms. The molecule has 0 unspecified atom stereocenters. The van der Waals surface area contributed by atoms with Crippen LogP contribution in [-0.2, 0) is 4.79 Å². The van der Waals surface area contributed by atoms with Gasteiger partial charge in [-0.05, 0) is 48.9 Å². The smallest absolute Gasteiger partial charge is 0.322 e. The van der Waals surface area contributed by atoms with E-state index in [1.165, 1.54) is 12.4 Å². The van der Waals surface area contributed by atoms with Crippen molar-refractivity contribution in [3.63, 3.8) is 0 Å². The van der Waals surface area contributed by atoms with E-state index >= 15 is 0 Å². The fourth-order valence-electron chi connectivity index (χ4n) is 2.19. The third kappa shape index (κ3) is 6.17. The summed E-state index contributed by atoms with van der Waals surface area (Å²) in [5, 5.41) is 11.6. The number of nitrogens with zero attached hydrogens (tertiary/aromatic N) is 3. The molecule has 26 heavy (non-hydrogen) atoms. The maximum Gasteiger partial charge on any atom is 0.322 e. The van der Waals surface area contributed by atoms with Crippen LogP contribution in [0.1, 0.15) is 44.7 Å². The van der Waals surface area contributed by atoms with Crippen LogP contribution < -0.4 is 10.1 Å². The van der Waals surface area contributed by atoms with Crippen molar-refractivity contribution >= 4 is 11.6 Å². The Labute approximate surface area is 154 Å². The lowest BCUT2D eigenvalue weighted by Gasteiger charge is -2.17. The minimum atomic E-state index is -0.172. The number of ether oxygens (including phenoxy) is 1. The summed E-state index contributed by atoms with van der Waals surface area (Å²) in [5.74, 6) is 0.408. The Kier molecular flexibility index (Phi) is 6.29. The summed E-state index contributed by atoms with van der Waals surface area (Å²) >= 11 is 0. The molecule has 0 saturated heterocycles. The van der Waals surface area contributed by atoms with Crippen molar-refractivity contribution in [2.75, 3.05) is 5.32 Å². The Morgan fingerprint density at radius 2 is 2.00 bits per heavy atom. The van der Waals surface area contributed by atoms with Crippen molar-refractivity contribution in [2.24, 2.45) is 5.41 Å². The SMILES string of the molecule is Cc1cc(C#N)ccc1Oc1ncc(NC(=O)[CH]CCC(C)(C)C)cn1. The minimum Gasteiger partial charge on any atom is -0.424 e. The van der Waals surface area contributed by atoms with Crippen molar-refractivity contribution in [1.82, 2.24) is 9.97 Å². The second kappa shape index (κ2) is 8.43. The van der Waals surface area contributed by atoms with Gasteiger partial charge in [0.2, 0.25) is 5.91 Å². The quantitative estimate of drug-likeness (QED) is 0.832. The molecule has 0 saturated carbocycles. The van der Waals surface area contributed by atoms with Crippen LogP contribution in [0, 0.1) is 30.1 Å². The van der Waals surface area contributed by atoms with Gasteiger partial charge in [-0.3, -0.25) is 4.79 Å². The summed E-state index contributed by atoms with van der Waals surface area (Å²) in [4.78, 5) is 20.1. The molecule has 1 aromatic heterocycles. The number of aromatic nitrogens is 2. The van der Waals surface area contributed by atoms with Gasteiger partial charge in [0, 0.05) is 6.42 Å². The predicted octanol–water partition coefficient (Wildman–Crippen LogP) is 4.42. The van der Waals surface area contributed by atoms with E-state index in [1.54, 1.807) is 24.6 Å². The highest BCUT2D eigenvalue weighted by Gasteiger charge is 2.12. The van der Waals surface area contributed by atoms with Crippen molar-refractivity contribution in [2.45, 2.75) is 40.5 Å². The number of rotatable bonds is 6. The van der Waals surface area contributed by atoms with E-state index in [0.717, 1.165) is 18.4 Å². The van der Waals surface area contributed by atoms with Gasteiger partial charge >= 0.3 is 6.01 Å². The summed E-state index contributed by atoms with van der Waals surface area (Å²) in [5.41, 5.74) is 2.09. The summed E-state index contributed by atoms with van der Waals surface area (Å²) in [6, 6.07) is 7.36. The molecule has 1 N–H and O–H groups in total. The molecule has 0 aliphatic rings. The third-order valence-electron chi connectivity index (χ3n) is 3.63. The first kappa shape index (κ1) is 19.4. The van der Waals surface area contributed by atoms with Gasteiger partial charge in [0.05, 0.1) is 29.7 Å². The Morgan fingerprint density at radius 1 is 1.31 bits per heavy atom. The molecule has 1 radical (unpaired) electrons.